The number of benzene rings is 1. The molecule has 3 aliphatic rings. The van der Waals surface area contributed by atoms with Gasteiger partial charge in [-0.1, -0.05) is 26.8 Å². The SMILES string of the molecule is CN1CNc2c1cc(C(=O)CN1Cc3ccc(C4CC4)nc3C1=N)cc2C(C)(C)C. The lowest BCUT2D eigenvalue weighted by atomic mass is 9.84. The third-order valence-corrected chi connectivity index (χ3v) is 6.38. The molecule has 0 saturated heterocycles. The van der Waals surface area contributed by atoms with Crippen molar-refractivity contribution in [3.05, 3.63) is 52.3 Å². The Morgan fingerprint density at radius 3 is 2.73 bits per heavy atom. The molecule has 1 aromatic carbocycles. The molecule has 2 N–H and O–H groups in total. The fourth-order valence-electron chi connectivity index (χ4n) is 4.43. The molecule has 0 amide bonds. The topological polar surface area (TPSA) is 72.3 Å². The van der Waals surface area contributed by atoms with Crippen LogP contribution in [0.15, 0.2) is 24.3 Å². The maximum atomic E-state index is 13.3. The van der Waals surface area contributed by atoms with Gasteiger partial charge in [-0.05, 0) is 42.0 Å². The van der Waals surface area contributed by atoms with Crippen LogP contribution < -0.4 is 10.2 Å². The summed E-state index contributed by atoms with van der Waals surface area (Å²) in [6.45, 7) is 8.05. The highest BCUT2D eigenvalue weighted by Gasteiger charge is 2.32. The summed E-state index contributed by atoms with van der Waals surface area (Å²) in [7, 11) is 2.04. The first-order valence-corrected chi connectivity index (χ1v) is 10.7. The van der Waals surface area contributed by atoms with Gasteiger partial charge in [0.2, 0.25) is 0 Å². The molecular weight excluding hydrogens is 374 g/mol. The van der Waals surface area contributed by atoms with E-state index in [1.165, 1.54) is 12.8 Å². The van der Waals surface area contributed by atoms with Crippen LogP contribution in [0.1, 0.15) is 72.4 Å². The zero-order chi connectivity index (χ0) is 21.2. The van der Waals surface area contributed by atoms with E-state index in [9.17, 15) is 4.79 Å². The first kappa shape index (κ1) is 19.1. The second kappa shape index (κ2) is 6.56. The molecule has 2 aliphatic heterocycles. The Bertz CT molecular complexity index is 1060. The lowest BCUT2D eigenvalue weighted by molar-refractivity contribution is 0.0962. The van der Waals surface area contributed by atoms with Crippen LogP contribution in [0, 0.1) is 5.41 Å². The minimum atomic E-state index is -0.0712. The Hall–Kier alpha value is -2.89. The van der Waals surface area contributed by atoms with E-state index < -0.39 is 0 Å². The first-order valence-electron chi connectivity index (χ1n) is 10.7. The number of aromatic nitrogens is 1. The minimum Gasteiger partial charge on any atom is -0.366 e. The van der Waals surface area contributed by atoms with Crippen LogP contribution in [-0.4, -0.2) is 41.8 Å². The third kappa shape index (κ3) is 3.15. The van der Waals surface area contributed by atoms with Gasteiger partial charge in [0.05, 0.1) is 24.6 Å². The number of rotatable bonds is 4. The number of hydrogen-bond donors (Lipinski definition) is 2. The Morgan fingerprint density at radius 2 is 2.03 bits per heavy atom. The van der Waals surface area contributed by atoms with E-state index in [1.54, 1.807) is 0 Å². The van der Waals surface area contributed by atoms with Gasteiger partial charge in [-0.3, -0.25) is 10.2 Å². The van der Waals surface area contributed by atoms with Crippen molar-refractivity contribution in [3.63, 3.8) is 0 Å². The number of fused-ring (bicyclic) bond motifs is 2. The van der Waals surface area contributed by atoms with E-state index >= 15 is 0 Å². The number of nitrogens with zero attached hydrogens (tertiary/aromatic N) is 3. The standard InChI is InChI=1S/C24H29N5O/c1-24(2,3)17-9-16(10-19-22(17)26-13-28(19)4)20(30)12-29-11-15-7-8-18(14-5-6-14)27-21(15)23(29)25/h7-10,14,25-26H,5-6,11-13H2,1-4H3. The lowest BCUT2D eigenvalue weighted by Crippen LogP contribution is -2.30. The van der Waals surface area contributed by atoms with Crippen LogP contribution in [0.2, 0.25) is 0 Å². The first-order chi connectivity index (χ1) is 14.2. The van der Waals surface area contributed by atoms with Gasteiger partial charge >= 0.3 is 0 Å². The fraction of sp³-hybridized carbons (Fsp3) is 0.458. The summed E-state index contributed by atoms with van der Waals surface area (Å²) in [5.41, 5.74) is 6.88. The van der Waals surface area contributed by atoms with E-state index in [4.69, 9.17) is 10.4 Å². The van der Waals surface area contributed by atoms with Crippen molar-refractivity contribution in [1.82, 2.24) is 9.88 Å². The van der Waals surface area contributed by atoms with Crippen LogP contribution in [0.3, 0.4) is 0 Å². The molecule has 0 unspecified atom stereocenters. The molecule has 6 nitrogen and oxygen atoms in total. The van der Waals surface area contributed by atoms with Gasteiger partial charge in [0.15, 0.2) is 5.78 Å². The molecular formula is C24H29N5O. The molecule has 1 saturated carbocycles. The van der Waals surface area contributed by atoms with Gasteiger partial charge in [-0.15, -0.1) is 0 Å². The molecule has 0 radical (unpaired) electrons. The molecule has 0 bridgehead atoms. The summed E-state index contributed by atoms with van der Waals surface area (Å²) >= 11 is 0. The number of carbonyl (C=O) groups is 1. The summed E-state index contributed by atoms with van der Waals surface area (Å²) in [6.07, 6.45) is 2.39. The van der Waals surface area contributed by atoms with Crippen LogP contribution >= 0.6 is 0 Å². The Labute approximate surface area is 177 Å². The molecule has 30 heavy (non-hydrogen) atoms. The summed E-state index contributed by atoms with van der Waals surface area (Å²) in [5.74, 6) is 0.979. The lowest BCUT2D eigenvalue weighted by Gasteiger charge is -2.24. The number of hydrogen-bond acceptors (Lipinski definition) is 5. The van der Waals surface area contributed by atoms with E-state index in [1.807, 2.05) is 24.1 Å². The summed E-state index contributed by atoms with van der Waals surface area (Å²) in [5, 5.41) is 12.1. The maximum Gasteiger partial charge on any atom is 0.182 e. The number of nitrogens with one attached hydrogen (secondary N) is 2. The molecule has 3 heterocycles. The number of ketones is 1. The number of anilines is 2. The normalized spacial score (nSPS) is 17.8. The third-order valence-electron chi connectivity index (χ3n) is 6.38. The molecule has 1 aliphatic carbocycles. The highest BCUT2D eigenvalue weighted by molar-refractivity contribution is 6.05. The molecule has 2 aromatic rings. The highest BCUT2D eigenvalue weighted by atomic mass is 16.1. The van der Waals surface area contributed by atoms with Crippen molar-refractivity contribution in [3.8, 4) is 0 Å². The van der Waals surface area contributed by atoms with Gasteiger partial charge in [0.25, 0.3) is 0 Å². The van der Waals surface area contributed by atoms with Gasteiger partial charge in [0.1, 0.15) is 11.5 Å². The van der Waals surface area contributed by atoms with Crippen molar-refractivity contribution in [2.75, 3.05) is 30.5 Å². The molecule has 0 atom stereocenters. The zero-order valence-corrected chi connectivity index (χ0v) is 18.2. The smallest absolute Gasteiger partial charge is 0.182 e. The van der Waals surface area contributed by atoms with Gasteiger partial charge < -0.3 is 15.1 Å². The van der Waals surface area contributed by atoms with Crippen molar-refractivity contribution >= 4 is 23.0 Å². The number of pyridine rings is 1. The predicted molar refractivity (Wildman–Crippen MR) is 120 cm³/mol. The average molecular weight is 404 g/mol. The van der Waals surface area contributed by atoms with E-state index in [0.717, 1.165) is 40.6 Å². The summed E-state index contributed by atoms with van der Waals surface area (Å²) in [4.78, 5) is 22.0. The number of Topliss-reactive ketones (excluding diaryl/α,β-unsaturated/α-hetero) is 1. The fourth-order valence-corrected chi connectivity index (χ4v) is 4.43. The van der Waals surface area contributed by atoms with Crippen LogP contribution in [0.5, 0.6) is 0 Å². The van der Waals surface area contributed by atoms with Crippen LogP contribution in [0.4, 0.5) is 11.4 Å². The molecule has 6 heteroatoms. The summed E-state index contributed by atoms with van der Waals surface area (Å²) in [6, 6.07) is 8.20. The van der Waals surface area contributed by atoms with Crippen molar-refractivity contribution < 1.29 is 4.79 Å². The van der Waals surface area contributed by atoms with E-state index in [0.29, 0.717) is 23.9 Å². The highest BCUT2D eigenvalue weighted by Crippen LogP contribution is 2.41. The van der Waals surface area contributed by atoms with Crippen molar-refractivity contribution in [2.24, 2.45) is 0 Å². The zero-order valence-electron chi connectivity index (χ0n) is 18.2. The van der Waals surface area contributed by atoms with Crippen molar-refractivity contribution in [1.29, 1.82) is 5.41 Å². The second-order valence-corrected chi connectivity index (χ2v) is 9.85. The quantitative estimate of drug-likeness (QED) is 0.752. The summed E-state index contributed by atoms with van der Waals surface area (Å²) < 4.78 is 0. The van der Waals surface area contributed by atoms with Crippen LogP contribution in [-0.2, 0) is 12.0 Å². The van der Waals surface area contributed by atoms with E-state index in [2.05, 4.69) is 43.1 Å². The monoisotopic (exact) mass is 403 g/mol. The molecule has 156 valence electrons. The molecule has 5 rings (SSSR count). The van der Waals surface area contributed by atoms with Gasteiger partial charge in [-0.25, -0.2) is 4.98 Å². The number of amidine groups is 1. The average Bonchev–Trinajstić information content (AvgIpc) is 3.42. The van der Waals surface area contributed by atoms with Crippen molar-refractivity contribution in [2.45, 2.75) is 51.5 Å². The van der Waals surface area contributed by atoms with Gasteiger partial charge in [0, 0.05) is 36.3 Å². The van der Waals surface area contributed by atoms with Crippen LogP contribution in [0.25, 0.3) is 0 Å². The minimum absolute atomic E-state index is 0.0450. The number of carbonyl (C=O) groups excluding carboxylic acids is 1. The van der Waals surface area contributed by atoms with E-state index in [-0.39, 0.29) is 17.7 Å². The Kier molecular flexibility index (Phi) is 4.17. The molecule has 0 spiro atoms. The second-order valence-electron chi connectivity index (χ2n) is 9.85. The Morgan fingerprint density at radius 1 is 1.27 bits per heavy atom. The molecule has 1 aromatic heterocycles. The molecule has 1 fully saturated rings. The maximum absolute atomic E-state index is 13.3. The largest absolute Gasteiger partial charge is 0.366 e. The predicted octanol–water partition coefficient (Wildman–Crippen LogP) is 4.10. The Balaban J connectivity index is 1.41. The van der Waals surface area contributed by atoms with Gasteiger partial charge in [-0.2, -0.15) is 0 Å².